The molecule has 0 heterocycles. The van der Waals surface area contributed by atoms with Crippen molar-refractivity contribution in [3.05, 3.63) is 0 Å². The summed E-state index contributed by atoms with van der Waals surface area (Å²) in [7, 11) is 0. The largest absolute Gasteiger partial charge is 0.317 e. The second-order valence-electron chi connectivity index (χ2n) is 5.37. The summed E-state index contributed by atoms with van der Waals surface area (Å²) in [5.74, 6) is 1.65. The Hall–Kier alpha value is 0.540. The molecule has 0 aliphatic rings. The number of unbranched alkanes of at least 4 members (excludes halogenated alkanes) is 10. The Bertz CT molecular complexity index is 138. The molecule has 0 saturated carbocycles. The molecule has 0 unspecified atom stereocenters. The van der Waals surface area contributed by atoms with Gasteiger partial charge in [-0.25, -0.2) is 0 Å². The molecule has 1 N–H and O–H groups in total. The first-order chi connectivity index (χ1) is 9.41. The number of alkyl halides is 2. The predicted molar refractivity (Wildman–Crippen MR) is 89.7 cm³/mol. The molecule has 116 valence electrons. The van der Waals surface area contributed by atoms with Crippen molar-refractivity contribution in [2.24, 2.45) is 0 Å². The van der Waals surface area contributed by atoms with E-state index in [-0.39, 0.29) is 0 Å². The SMILES string of the molecule is ClCCCCCCCCCCNCCCCCCCl. The summed E-state index contributed by atoms with van der Waals surface area (Å²) in [4.78, 5) is 0. The standard InChI is InChI=1S/C16H33Cl2N/c17-13-9-5-3-1-2-4-7-11-15-19-16-12-8-6-10-14-18/h19H,1-16H2. The van der Waals surface area contributed by atoms with Crippen molar-refractivity contribution in [2.45, 2.75) is 77.0 Å². The van der Waals surface area contributed by atoms with Gasteiger partial charge in [-0.15, -0.1) is 23.2 Å². The highest BCUT2D eigenvalue weighted by molar-refractivity contribution is 6.18. The minimum absolute atomic E-state index is 0.819. The lowest BCUT2D eigenvalue weighted by molar-refractivity contribution is 0.543. The van der Waals surface area contributed by atoms with Crippen molar-refractivity contribution in [3.63, 3.8) is 0 Å². The first-order valence-corrected chi connectivity index (χ1v) is 9.31. The van der Waals surface area contributed by atoms with Crippen LogP contribution in [-0.2, 0) is 0 Å². The van der Waals surface area contributed by atoms with E-state index in [9.17, 15) is 0 Å². The van der Waals surface area contributed by atoms with Crippen LogP contribution < -0.4 is 5.32 Å². The monoisotopic (exact) mass is 309 g/mol. The van der Waals surface area contributed by atoms with Crippen molar-refractivity contribution >= 4 is 23.2 Å². The van der Waals surface area contributed by atoms with Crippen LogP contribution in [0.2, 0.25) is 0 Å². The van der Waals surface area contributed by atoms with E-state index in [1.54, 1.807) is 0 Å². The zero-order valence-corrected chi connectivity index (χ0v) is 14.1. The van der Waals surface area contributed by atoms with Crippen LogP contribution in [0.4, 0.5) is 0 Å². The summed E-state index contributed by atoms with van der Waals surface area (Å²) in [6.45, 7) is 2.38. The molecule has 0 radical (unpaired) electrons. The zero-order valence-electron chi connectivity index (χ0n) is 12.6. The smallest absolute Gasteiger partial charge is 0.0223 e. The minimum atomic E-state index is 0.819. The molecular weight excluding hydrogens is 277 g/mol. The molecule has 0 bridgehead atoms. The lowest BCUT2D eigenvalue weighted by Gasteiger charge is -2.05. The molecule has 0 amide bonds. The van der Waals surface area contributed by atoms with Crippen molar-refractivity contribution in [1.29, 1.82) is 0 Å². The third-order valence-electron chi connectivity index (χ3n) is 3.47. The van der Waals surface area contributed by atoms with Gasteiger partial charge in [0.25, 0.3) is 0 Å². The molecule has 0 aromatic heterocycles. The average Bonchev–Trinajstić information content (AvgIpc) is 2.43. The molecular formula is C16H33Cl2N. The first-order valence-electron chi connectivity index (χ1n) is 8.24. The third kappa shape index (κ3) is 18.5. The lowest BCUT2D eigenvalue weighted by Crippen LogP contribution is -2.16. The van der Waals surface area contributed by atoms with Crippen LogP contribution in [0.5, 0.6) is 0 Å². The van der Waals surface area contributed by atoms with Gasteiger partial charge >= 0.3 is 0 Å². The fourth-order valence-electron chi connectivity index (χ4n) is 2.23. The van der Waals surface area contributed by atoms with E-state index < -0.39 is 0 Å². The van der Waals surface area contributed by atoms with E-state index >= 15 is 0 Å². The maximum absolute atomic E-state index is 5.65. The number of hydrogen-bond acceptors (Lipinski definition) is 1. The third-order valence-corrected chi connectivity index (χ3v) is 4.01. The van der Waals surface area contributed by atoms with E-state index in [1.165, 1.54) is 90.1 Å². The van der Waals surface area contributed by atoms with Gasteiger partial charge in [0.15, 0.2) is 0 Å². The van der Waals surface area contributed by atoms with Gasteiger partial charge in [-0.05, 0) is 38.8 Å². The Kier molecular flexibility index (Phi) is 19.1. The molecule has 0 aliphatic heterocycles. The summed E-state index contributed by atoms with van der Waals surface area (Å²) >= 11 is 11.3. The highest BCUT2D eigenvalue weighted by atomic mass is 35.5. The van der Waals surface area contributed by atoms with Crippen LogP contribution in [0, 0.1) is 0 Å². The molecule has 0 fully saturated rings. The van der Waals surface area contributed by atoms with E-state index in [4.69, 9.17) is 23.2 Å². The average molecular weight is 310 g/mol. The Morgan fingerprint density at radius 2 is 0.737 bits per heavy atom. The first kappa shape index (κ1) is 19.5. The Morgan fingerprint density at radius 1 is 0.421 bits per heavy atom. The molecule has 1 nitrogen and oxygen atoms in total. The van der Waals surface area contributed by atoms with Gasteiger partial charge in [0.1, 0.15) is 0 Å². The molecule has 0 aromatic rings. The fourth-order valence-corrected chi connectivity index (χ4v) is 2.61. The minimum Gasteiger partial charge on any atom is -0.317 e. The van der Waals surface area contributed by atoms with E-state index in [0.717, 1.165) is 11.8 Å². The summed E-state index contributed by atoms with van der Waals surface area (Å²) in [6.07, 6.45) is 15.9. The predicted octanol–water partition coefficient (Wildman–Crippen LogP) is 5.73. The Morgan fingerprint density at radius 3 is 1.11 bits per heavy atom. The van der Waals surface area contributed by atoms with Crippen LogP contribution >= 0.6 is 23.2 Å². The van der Waals surface area contributed by atoms with Crippen LogP contribution in [0.1, 0.15) is 77.0 Å². The topological polar surface area (TPSA) is 12.0 Å². The Balaban J connectivity index is 2.88. The van der Waals surface area contributed by atoms with E-state index in [0.29, 0.717) is 0 Å². The quantitative estimate of drug-likeness (QED) is 0.283. The summed E-state index contributed by atoms with van der Waals surface area (Å²) in [6, 6.07) is 0. The van der Waals surface area contributed by atoms with Gasteiger partial charge in [-0.3, -0.25) is 0 Å². The van der Waals surface area contributed by atoms with Gasteiger partial charge in [0.05, 0.1) is 0 Å². The fraction of sp³-hybridized carbons (Fsp3) is 1.00. The summed E-state index contributed by atoms with van der Waals surface area (Å²) in [5.41, 5.74) is 0. The summed E-state index contributed by atoms with van der Waals surface area (Å²) in [5, 5.41) is 3.53. The second-order valence-corrected chi connectivity index (χ2v) is 6.13. The van der Waals surface area contributed by atoms with E-state index in [1.807, 2.05) is 0 Å². The number of halogens is 2. The highest BCUT2D eigenvalue weighted by Crippen LogP contribution is 2.08. The molecule has 0 rings (SSSR count). The zero-order chi connectivity index (χ0) is 14.0. The van der Waals surface area contributed by atoms with E-state index in [2.05, 4.69) is 5.32 Å². The normalized spacial score (nSPS) is 11.1. The molecule has 0 spiro atoms. The van der Waals surface area contributed by atoms with Crippen molar-refractivity contribution in [1.82, 2.24) is 5.32 Å². The van der Waals surface area contributed by atoms with Gasteiger partial charge in [0, 0.05) is 11.8 Å². The summed E-state index contributed by atoms with van der Waals surface area (Å²) < 4.78 is 0. The van der Waals surface area contributed by atoms with Gasteiger partial charge in [0.2, 0.25) is 0 Å². The highest BCUT2D eigenvalue weighted by Gasteiger charge is 1.93. The molecule has 0 atom stereocenters. The Labute approximate surface area is 130 Å². The van der Waals surface area contributed by atoms with Crippen molar-refractivity contribution < 1.29 is 0 Å². The van der Waals surface area contributed by atoms with Crippen LogP contribution in [0.25, 0.3) is 0 Å². The number of hydrogen-bond donors (Lipinski definition) is 1. The lowest BCUT2D eigenvalue weighted by atomic mass is 10.1. The van der Waals surface area contributed by atoms with Gasteiger partial charge < -0.3 is 5.32 Å². The van der Waals surface area contributed by atoms with Gasteiger partial charge in [-0.2, -0.15) is 0 Å². The van der Waals surface area contributed by atoms with Gasteiger partial charge in [-0.1, -0.05) is 51.4 Å². The van der Waals surface area contributed by atoms with Crippen LogP contribution in [-0.4, -0.2) is 24.8 Å². The van der Waals surface area contributed by atoms with Crippen LogP contribution in [0.3, 0.4) is 0 Å². The number of rotatable bonds is 16. The van der Waals surface area contributed by atoms with Crippen molar-refractivity contribution in [2.75, 3.05) is 24.8 Å². The molecule has 0 aromatic carbocycles. The van der Waals surface area contributed by atoms with Crippen LogP contribution in [0.15, 0.2) is 0 Å². The second kappa shape index (κ2) is 18.5. The molecule has 0 aliphatic carbocycles. The maximum Gasteiger partial charge on any atom is 0.0223 e. The van der Waals surface area contributed by atoms with Crippen molar-refractivity contribution in [3.8, 4) is 0 Å². The molecule has 0 saturated heterocycles. The number of nitrogens with one attached hydrogen (secondary N) is 1. The maximum atomic E-state index is 5.65. The molecule has 3 heteroatoms. The molecule has 19 heavy (non-hydrogen) atoms.